The van der Waals surface area contributed by atoms with Gasteiger partial charge in [0.05, 0.1) is 24.0 Å². The minimum atomic E-state index is -0.583. The smallest absolute Gasteiger partial charge is 0.293 e. The van der Waals surface area contributed by atoms with Crippen LogP contribution in [0, 0.1) is 29.1 Å². The predicted octanol–water partition coefficient (Wildman–Crippen LogP) is 3.10. The Labute approximate surface area is 216 Å². The second-order valence-electron chi connectivity index (χ2n) is 9.48. The maximum atomic E-state index is 13.0. The first kappa shape index (κ1) is 26.1. The second-order valence-corrected chi connectivity index (χ2v) is 9.48. The average Bonchev–Trinajstić information content (AvgIpc) is 2.90. The van der Waals surface area contributed by atoms with Crippen molar-refractivity contribution in [2.75, 3.05) is 26.3 Å². The molecule has 1 unspecified atom stereocenters. The van der Waals surface area contributed by atoms with Crippen molar-refractivity contribution in [3.05, 3.63) is 93.2 Å². The number of aromatic hydroxyl groups is 1. The lowest BCUT2D eigenvalue weighted by atomic mass is 9.92. The molecule has 0 aliphatic carbocycles. The van der Waals surface area contributed by atoms with Gasteiger partial charge in [-0.05, 0) is 42.3 Å². The number of hydrogen-bond acceptors (Lipinski definition) is 6. The lowest BCUT2D eigenvalue weighted by Gasteiger charge is -2.35. The van der Waals surface area contributed by atoms with Gasteiger partial charge in [0.2, 0.25) is 5.75 Å². The van der Waals surface area contributed by atoms with Gasteiger partial charge in [0, 0.05) is 55.7 Å². The van der Waals surface area contributed by atoms with E-state index in [1.165, 1.54) is 11.9 Å². The van der Waals surface area contributed by atoms with Gasteiger partial charge < -0.3 is 15.4 Å². The van der Waals surface area contributed by atoms with E-state index in [0.717, 1.165) is 36.3 Å². The van der Waals surface area contributed by atoms with E-state index in [0.29, 0.717) is 18.7 Å². The Morgan fingerprint density at radius 1 is 1.16 bits per heavy atom. The second kappa shape index (κ2) is 12.3. The summed E-state index contributed by atoms with van der Waals surface area (Å²) < 4.78 is 13.0. The minimum Gasteiger partial charge on any atom is -0.502 e. The highest BCUT2D eigenvalue weighted by atomic mass is 19.1. The van der Waals surface area contributed by atoms with Crippen LogP contribution in [0.2, 0.25) is 0 Å². The molecule has 4 rings (SSSR count). The molecule has 7 nitrogen and oxygen atoms in total. The third kappa shape index (κ3) is 7.04. The van der Waals surface area contributed by atoms with Crippen LogP contribution in [0.4, 0.5) is 4.39 Å². The molecular formula is C29H30FN5O2. The lowest BCUT2D eigenvalue weighted by Crippen LogP contribution is -2.45. The Morgan fingerprint density at radius 3 is 2.43 bits per heavy atom. The zero-order chi connectivity index (χ0) is 26.2. The first-order valence-electron chi connectivity index (χ1n) is 12.3. The van der Waals surface area contributed by atoms with E-state index >= 15 is 0 Å². The summed E-state index contributed by atoms with van der Waals surface area (Å²) in [6.07, 6.45) is 1.60. The van der Waals surface area contributed by atoms with Gasteiger partial charge in [0.1, 0.15) is 6.67 Å². The summed E-state index contributed by atoms with van der Waals surface area (Å²) in [5.74, 6) is 6.02. The number of nitrogens with zero attached hydrogens (tertiary/aromatic N) is 3. The van der Waals surface area contributed by atoms with Gasteiger partial charge in [0.15, 0.2) is 0 Å². The molecule has 1 aromatic heterocycles. The molecule has 190 valence electrons. The summed E-state index contributed by atoms with van der Waals surface area (Å²) in [5.41, 5.74) is 3.67. The Morgan fingerprint density at radius 2 is 1.81 bits per heavy atom. The lowest BCUT2D eigenvalue weighted by molar-refractivity contribution is 0.127. The van der Waals surface area contributed by atoms with Crippen LogP contribution in [0.1, 0.15) is 40.8 Å². The third-order valence-corrected chi connectivity index (χ3v) is 6.52. The fourth-order valence-electron chi connectivity index (χ4n) is 4.23. The quantitative estimate of drug-likeness (QED) is 0.391. The molecule has 0 amide bonds. The van der Waals surface area contributed by atoms with Crippen molar-refractivity contribution < 1.29 is 9.50 Å². The summed E-state index contributed by atoms with van der Waals surface area (Å²) >= 11 is 0. The van der Waals surface area contributed by atoms with Crippen LogP contribution >= 0.6 is 0 Å². The van der Waals surface area contributed by atoms with E-state index < -0.39 is 18.0 Å². The molecule has 8 heteroatoms. The van der Waals surface area contributed by atoms with Crippen molar-refractivity contribution in [2.45, 2.75) is 31.8 Å². The van der Waals surface area contributed by atoms with Crippen LogP contribution in [0.3, 0.4) is 0 Å². The highest BCUT2D eigenvalue weighted by Gasteiger charge is 2.25. The van der Waals surface area contributed by atoms with Crippen LogP contribution < -0.4 is 10.9 Å². The van der Waals surface area contributed by atoms with E-state index in [2.05, 4.69) is 50.2 Å². The molecule has 2 heterocycles. The first-order valence-corrected chi connectivity index (χ1v) is 12.3. The third-order valence-electron chi connectivity index (χ3n) is 6.52. The Bertz CT molecular complexity index is 1350. The van der Waals surface area contributed by atoms with Gasteiger partial charge in [0.25, 0.3) is 5.56 Å². The Hall–Kier alpha value is -3.98. The van der Waals surface area contributed by atoms with E-state index in [1.54, 1.807) is 6.92 Å². The zero-order valence-electron chi connectivity index (χ0n) is 20.7. The van der Waals surface area contributed by atoms with Crippen LogP contribution in [0.5, 0.6) is 5.75 Å². The minimum absolute atomic E-state index is 0.126. The number of nitriles is 1. The summed E-state index contributed by atoms with van der Waals surface area (Å²) in [7, 11) is 0. The summed E-state index contributed by atoms with van der Waals surface area (Å²) in [5, 5.41) is 22.2. The number of aromatic amines is 1. The fraction of sp³-hybridized carbons (Fsp3) is 0.345. The maximum absolute atomic E-state index is 13.0. The Balaban J connectivity index is 1.42. The van der Waals surface area contributed by atoms with Crippen LogP contribution in [0.25, 0.3) is 0 Å². The van der Waals surface area contributed by atoms with E-state index in [9.17, 15) is 14.3 Å². The van der Waals surface area contributed by atoms with Gasteiger partial charge in [-0.2, -0.15) is 5.26 Å². The van der Waals surface area contributed by atoms with Crippen molar-refractivity contribution in [3.8, 4) is 23.7 Å². The summed E-state index contributed by atoms with van der Waals surface area (Å²) in [6.45, 7) is 4.25. The van der Waals surface area contributed by atoms with Crippen molar-refractivity contribution in [1.82, 2.24) is 20.2 Å². The number of rotatable bonds is 9. The average molecular weight is 500 g/mol. The first-order chi connectivity index (χ1) is 17.9. The van der Waals surface area contributed by atoms with E-state index in [4.69, 9.17) is 5.26 Å². The molecular weight excluding hydrogens is 469 g/mol. The highest BCUT2D eigenvalue weighted by molar-refractivity contribution is 5.44. The molecule has 2 aromatic carbocycles. The van der Waals surface area contributed by atoms with Crippen molar-refractivity contribution in [2.24, 2.45) is 5.92 Å². The molecule has 0 saturated carbocycles. The van der Waals surface area contributed by atoms with E-state index in [1.807, 2.05) is 36.4 Å². The molecule has 3 N–H and O–H groups in total. The number of benzene rings is 2. The molecule has 1 aliphatic rings. The number of likely N-dealkylation sites (tertiary alicyclic amines) is 1. The highest BCUT2D eigenvalue weighted by Crippen LogP contribution is 2.23. The number of aromatic nitrogens is 2. The number of halogens is 1. The normalized spacial score (nSPS) is 15.2. The van der Waals surface area contributed by atoms with Gasteiger partial charge in [-0.25, -0.2) is 9.37 Å². The maximum Gasteiger partial charge on any atom is 0.293 e. The van der Waals surface area contributed by atoms with Crippen molar-refractivity contribution in [3.63, 3.8) is 0 Å². The number of hydrogen-bond donors (Lipinski definition) is 3. The molecule has 0 spiro atoms. The van der Waals surface area contributed by atoms with Crippen molar-refractivity contribution in [1.29, 1.82) is 5.26 Å². The topological polar surface area (TPSA) is 105 Å². The standard InChI is InChI=1S/C29H30FN5O2/c1-20(13-30)32-15-26(12-27-28(36)29(37)34-19-33-27)25-10-8-22(9-11-25)3-2-21-4-6-23(7-5-21)16-35-17-24(14-31)18-35/h4-11,19-20,24,26,32,36H,12-13,15-18H2,1H3,(H,33,34,37)/t20-,26?/m1/s1. The Kier molecular flexibility index (Phi) is 8.68. The monoisotopic (exact) mass is 499 g/mol. The van der Waals surface area contributed by atoms with Crippen LogP contribution in [-0.4, -0.2) is 52.3 Å². The summed E-state index contributed by atoms with van der Waals surface area (Å²) in [6, 6.07) is 17.9. The molecule has 1 aliphatic heterocycles. The van der Waals surface area contributed by atoms with Gasteiger partial charge in [-0.1, -0.05) is 36.1 Å². The van der Waals surface area contributed by atoms with Gasteiger partial charge >= 0.3 is 0 Å². The van der Waals surface area contributed by atoms with Crippen LogP contribution in [-0.2, 0) is 13.0 Å². The summed E-state index contributed by atoms with van der Waals surface area (Å²) in [4.78, 5) is 20.5. The SMILES string of the molecule is C[C@H](CF)NCC(Cc1nc[nH]c(=O)c1O)c1ccc(C#Cc2ccc(CN3CC(C#N)C3)cc2)cc1. The fourth-order valence-corrected chi connectivity index (χ4v) is 4.23. The number of alkyl halides is 1. The predicted molar refractivity (Wildman–Crippen MR) is 140 cm³/mol. The molecule has 3 aromatic rings. The molecule has 2 atom stereocenters. The van der Waals surface area contributed by atoms with E-state index in [-0.39, 0.29) is 17.9 Å². The van der Waals surface area contributed by atoms with Crippen molar-refractivity contribution >= 4 is 0 Å². The van der Waals surface area contributed by atoms with Gasteiger partial charge in [-0.15, -0.1) is 0 Å². The number of nitrogens with one attached hydrogen (secondary N) is 2. The molecule has 1 fully saturated rings. The largest absolute Gasteiger partial charge is 0.502 e. The zero-order valence-corrected chi connectivity index (χ0v) is 20.7. The molecule has 0 radical (unpaired) electrons. The van der Waals surface area contributed by atoms with Crippen LogP contribution in [0.15, 0.2) is 59.7 Å². The van der Waals surface area contributed by atoms with Gasteiger partial charge in [-0.3, -0.25) is 9.69 Å². The number of H-pyrrole nitrogens is 1. The molecule has 37 heavy (non-hydrogen) atoms. The molecule has 0 bridgehead atoms. The molecule has 1 saturated heterocycles.